The minimum absolute atomic E-state index is 0.150. The zero-order valence-corrected chi connectivity index (χ0v) is 14.5. The zero-order valence-electron chi connectivity index (χ0n) is 13.0. The average Bonchev–Trinajstić information content (AvgIpc) is 3.03. The average molecular weight is 377 g/mol. The van der Waals surface area contributed by atoms with Crippen LogP contribution in [0.15, 0.2) is 46.0 Å². The number of thioether (sulfide) groups is 1. The Morgan fingerprint density at radius 3 is 2.76 bits per heavy atom. The van der Waals surface area contributed by atoms with Crippen molar-refractivity contribution in [2.24, 2.45) is 0 Å². The molecule has 0 radical (unpaired) electrons. The van der Waals surface area contributed by atoms with Gasteiger partial charge in [0.15, 0.2) is 17.1 Å². The largest absolute Gasteiger partial charge is 0.486 e. The normalized spacial score (nSPS) is 13.0. The number of carbonyl (C=O) groups excluding carboxylic acids is 1. The predicted octanol–water partition coefficient (Wildman–Crippen LogP) is 3.98. The highest BCUT2D eigenvalue weighted by Crippen LogP contribution is 2.38. The molecule has 0 spiro atoms. The van der Waals surface area contributed by atoms with Crippen LogP contribution in [0, 0.1) is 0 Å². The first kappa shape index (κ1) is 16.1. The molecule has 1 amide bonds. The second kappa shape index (κ2) is 6.85. The molecule has 0 saturated carbocycles. The maximum absolute atomic E-state index is 12.2. The fourth-order valence-corrected chi connectivity index (χ4v) is 3.23. The summed E-state index contributed by atoms with van der Waals surface area (Å²) in [6.07, 6.45) is 0. The third-order valence-corrected chi connectivity index (χ3v) is 4.65. The van der Waals surface area contributed by atoms with E-state index in [0.717, 1.165) is 5.52 Å². The van der Waals surface area contributed by atoms with Crippen LogP contribution < -0.4 is 14.8 Å². The maximum Gasteiger partial charge on any atom is 0.257 e. The summed E-state index contributed by atoms with van der Waals surface area (Å²) in [5.41, 5.74) is 1.94. The number of aromatic nitrogens is 1. The molecule has 0 fully saturated rings. The summed E-state index contributed by atoms with van der Waals surface area (Å²) in [5.74, 6) is 1.08. The summed E-state index contributed by atoms with van der Waals surface area (Å²) < 4.78 is 16.5. The number of nitrogens with one attached hydrogen (secondary N) is 1. The number of benzene rings is 2. The molecule has 0 atom stereocenters. The SMILES string of the molecule is O=C(CSc1nc2ccccc2o1)Nc1cc2c(cc1Cl)OCCO2. The van der Waals surface area contributed by atoms with E-state index in [4.69, 9.17) is 25.5 Å². The number of ether oxygens (including phenoxy) is 2. The van der Waals surface area contributed by atoms with Crippen molar-refractivity contribution in [1.29, 1.82) is 0 Å². The predicted molar refractivity (Wildman–Crippen MR) is 95.8 cm³/mol. The first-order valence-corrected chi connectivity index (χ1v) is 8.93. The summed E-state index contributed by atoms with van der Waals surface area (Å²) in [6.45, 7) is 0.950. The molecule has 25 heavy (non-hydrogen) atoms. The second-order valence-corrected chi connectivity index (χ2v) is 6.59. The first-order chi connectivity index (χ1) is 12.2. The van der Waals surface area contributed by atoms with Crippen molar-refractivity contribution in [2.45, 2.75) is 5.22 Å². The molecule has 8 heteroatoms. The fourth-order valence-electron chi connectivity index (χ4n) is 2.39. The highest BCUT2D eigenvalue weighted by Gasteiger charge is 2.17. The van der Waals surface area contributed by atoms with Crippen molar-refractivity contribution in [1.82, 2.24) is 4.98 Å². The van der Waals surface area contributed by atoms with Gasteiger partial charge in [0.25, 0.3) is 5.22 Å². The van der Waals surface area contributed by atoms with Gasteiger partial charge in [-0.15, -0.1) is 0 Å². The number of nitrogens with zero attached hydrogens (tertiary/aromatic N) is 1. The van der Waals surface area contributed by atoms with Gasteiger partial charge in [0.05, 0.1) is 16.5 Å². The number of hydrogen-bond acceptors (Lipinski definition) is 6. The van der Waals surface area contributed by atoms with Crippen LogP contribution in [0.5, 0.6) is 11.5 Å². The Balaban J connectivity index is 1.42. The summed E-state index contributed by atoms with van der Waals surface area (Å²) >= 11 is 7.41. The van der Waals surface area contributed by atoms with Gasteiger partial charge < -0.3 is 19.2 Å². The van der Waals surface area contributed by atoms with Crippen molar-refractivity contribution >= 4 is 46.1 Å². The lowest BCUT2D eigenvalue weighted by Crippen LogP contribution is -2.17. The zero-order chi connectivity index (χ0) is 17.2. The molecule has 3 aromatic rings. The summed E-state index contributed by atoms with van der Waals surface area (Å²) in [7, 11) is 0. The highest BCUT2D eigenvalue weighted by molar-refractivity contribution is 7.99. The quantitative estimate of drug-likeness (QED) is 0.694. The molecule has 2 aromatic carbocycles. The number of amides is 1. The first-order valence-electron chi connectivity index (χ1n) is 7.56. The molecular weight excluding hydrogens is 364 g/mol. The van der Waals surface area contributed by atoms with Gasteiger partial charge in [-0.1, -0.05) is 35.5 Å². The number of hydrogen-bond donors (Lipinski definition) is 1. The molecule has 1 aliphatic rings. The highest BCUT2D eigenvalue weighted by atomic mass is 35.5. The molecule has 1 N–H and O–H groups in total. The Kier molecular flexibility index (Phi) is 4.42. The van der Waals surface area contributed by atoms with Crippen LogP contribution in [0.1, 0.15) is 0 Å². The van der Waals surface area contributed by atoms with E-state index in [1.54, 1.807) is 12.1 Å². The molecule has 1 aromatic heterocycles. The number of oxazole rings is 1. The molecule has 6 nitrogen and oxygen atoms in total. The monoisotopic (exact) mass is 376 g/mol. The van der Waals surface area contributed by atoms with Crippen LogP contribution in [0.25, 0.3) is 11.1 Å². The lowest BCUT2D eigenvalue weighted by molar-refractivity contribution is -0.113. The van der Waals surface area contributed by atoms with Crippen LogP contribution in [0.2, 0.25) is 5.02 Å². The Hall–Kier alpha value is -2.38. The van der Waals surface area contributed by atoms with Crippen LogP contribution in [-0.2, 0) is 4.79 Å². The molecule has 0 saturated heterocycles. The van der Waals surface area contributed by atoms with Gasteiger partial charge in [-0.2, -0.15) is 0 Å². The number of para-hydroxylation sites is 2. The fraction of sp³-hybridized carbons (Fsp3) is 0.176. The Labute approximate surface area is 152 Å². The number of halogens is 1. The molecule has 128 valence electrons. The number of anilines is 1. The molecule has 2 heterocycles. The van der Waals surface area contributed by atoms with E-state index in [0.29, 0.717) is 46.2 Å². The third kappa shape index (κ3) is 3.52. The van der Waals surface area contributed by atoms with Crippen molar-refractivity contribution in [3.63, 3.8) is 0 Å². The van der Waals surface area contributed by atoms with Crippen LogP contribution in [-0.4, -0.2) is 29.9 Å². The van der Waals surface area contributed by atoms with Crippen molar-refractivity contribution < 1.29 is 18.7 Å². The minimum atomic E-state index is -0.217. The van der Waals surface area contributed by atoms with E-state index in [-0.39, 0.29) is 11.7 Å². The molecular formula is C17H13ClN2O4S. The van der Waals surface area contributed by atoms with Gasteiger partial charge in [-0.25, -0.2) is 4.98 Å². The topological polar surface area (TPSA) is 73.6 Å². The molecule has 0 bridgehead atoms. The van der Waals surface area contributed by atoms with Crippen molar-refractivity contribution in [2.75, 3.05) is 24.3 Å². The maximum atomic E-state index is 12.2. The lowest BCUT2D eigenvalue weighted by Gasteiger charge is -2.19. The minimum Gasteiger partial charge on any atom is -0.486 e. The van der Waals surface area contributed by atoms with Gasteiger partial charge in [-0.3, -0.25) is 4.79 Å². The van der Waals surface area contributed by atoms with Gasteiger partial charge in [-0.05, 0) is 12.1 Å². The van der Waals surface area contributed by atoms with E-state index in [1.165, 1.54) is 11.8 Å². The lowest BCUT2D eigenvalue weighted by atomic mass is 10.2. The van der Waals surface area contributed by atoms with Gasteiger partial charge >= 0.3 is 0 Å². The smallest absolute Gasteiger partial charge is 0.257 e. The molecule has 0 aliphatic carbocycles. The van der Waals surface area contributed by atoms with Crippen molar-refractivity contribution in [3.8, 4) is 11.5 Å². The molecule has 4 rings (SSSR count). The number of rotatable bonds is 4. The van der Waals surface area contributed by atoms with E-state index >= 15 is 0 Å². The van der Waals surface area contributed by atoms with E-state index in [2.05, 4.69) is 10.3 Å². The van der Waals surface area contributed by atoms with Gasteiger partial charge in [0, 0.05) is 12.1 Å². The molecule has 0 unspecified atom stereocenters. The van der Waals surface area contributed by atoms with E-state index in [9.17, 15) is 4.79 Å². The van der Waals surface area contributed by atoms with E-state index in [1.807, 2.05) is 24.3 Å². The number of fused-ring (bicyclic) bond motifs is 2. The Morgan fingerprint density at radius 2 is 1.96 bits per heavy atom. The number of carbonyl (C=O) groups is 1. The van der Waals surface area contributed by atoms with Crippen LogP contribution in [0.4, 0.5) is 5.69 Å². The second-order valence-electron chi connectivity index (χ2n) is 5.26. The Morgan fingerprint density at radius 1 is 1.20 bits per heavy atom. The van der Waals surface area contributed by atoms with E-state index < -0.39 is 0 Å². The summed E-state index contributed by atoms with van der Waals surface area (Å²) in [6, 6.07) is 10.8. The van der Waals surface area contributed by atoms with Crippen molar-refractivity contribution in [3.05, 3.63) is 41.4 Å². The Bertz CT molecular complexity index is 911. The van der Waals surface area contributed by atoms with Gasteiger partial charge in [0.2, 0.25) is 5.91 Å². The van der Waals surface area contributed by atoms with Crippen LogP contribution >= 0.6 is 23.4 Å². The molecule has 1 aliphatic heterocycles. The standard InChI is InChI=1S/C17H13ClN2O4S/c18-10-7-14-15(23-6-5-22-14)8-12(10)19-16(21)9-25-17-20-11-3-1-2-4-13(11)24-17/h1-4,7-8H,5-6,9H2,(H,19,21). The van der Waals surface area contributed by atoms with Gasteiger partial charge in [0.1, 0.15) is 18.7 Å². The summed E-state index contributed by atoms with van der Waals surface area (Å²) in [5, 5.41) is 3.61. The summed E-state index contributed by atoms with van der Waals surface area (Å²) in [4.78, 5) is 16.5. The third-order valence-electron chi connectivity index (χ3n) is 3.51. The van der Waals surface area contributed by atoms with Crippen LogP contribution in [0.3, 0.4) is 0 Å².